The summed E-state index contributed by atoms with van der Waals surface area (Å²) >= 11 is 0. The maximum Gasteiger partial charge on any atom is 0.245 e. The van der Waals surface area contributed by atoms with Gasteiger partial charge in [0, 0.05) is 39.4 Å². The number of nitrogens with zero attached hydrogens (tertiary/aromatic N) is 3. The number of piperidine rings is 1. The van der Waals surface area contributed by atoms with Gasteiger partial charge in [-0.1, -0.05) is 0 Å². The summed E-state index contributed by atoms with van der Waals surface area (Å²) in [5.74, 6) is -0.231. The number of hydrogen-bond acceptors (Lipinski definition) is 4. The molecule has 0 aliphatic carbocycles. The van der Waals surface area contributed by atoms with Crippen LogP contribution >= 0.6 is 0 Å². The average molecular weight is 336 g/mol. The van der Waals surface area contributed by atoms with Crippen molar-refractivity contribution in [2.45, 2.75) is 52.1 Å². The Morgan fingerprint density at radius 3 is 2.79 bits per heavy atom. The van der Waals surface area contributed by atoms with Crippen molar-refractivity contribution in [2.75, 3.05) is 26.8 Å². The van der Waals surface area contributed by atoms with Crippen LogP contribution in [-0.4, -0.2) is 59.3 Å². The second kappa shape index (κ2) is 8.28. The molecule has 1 aliphatic heterocycles. The highest BCUT2D eigenvalue weighted by atomic mass is 16.5. The van der Waals surface area contributed by atoms with Gasteiger partial charge in [-0.15, -0.1) is 0 Å². The first kappa shape index (κ1) is 18.4. The molecule has 1 aromatic heterocycles. The third-order valence-electron chi connectivity index (χ3n) is 4.38. The summed E-state index contributed by atoms with van der Waals surface area (Å²) in [6.45, 7) is 7.24. The van der Waals surface area contributed by atoms with Crippen LogP contribution in [0, 0.1) is 13.8 Å². The fraction of sp³-hybridized carbons (Fsp3) is 0.706. The Bertz CT molecular complexity index is 584. The maximum absolute atomic E-state index is 12.8. The second-order valence-electron chi connectivity index (χ2n) is 6.49. The number of likely N-dealkylation sites (tertiary alicyclic amines) is 1. The Morgan fingerprint density at radius 1 is 1.46 bits per heavy atom. The summed E-state index contributed by atoms with van der Waals surface area (Å²) in [5.41, 5.74) is 2.11. The second-order valence-corrected chi connectivity index (χ2v) is 6.49. The molecule has 1 aliphatic rings. The first-order valence-electron chi connectivity index (χ1n) is 8.50. The lowest BCUT2D eigenvalue weighted by atomic mass is 10.0. The molecule has 0 radical (unpaired) electrons. The molecule has 0 unspecified atom stereocenters. The minimum atomic E-state index is -0.526. The first-order chi connectivity index (χ1) is 11.4. The highest BCUT2D eigenvalue weighted by Crippen LogP contribution is 2.23. The molecule has 0 aromatic carbocycles. The molecule has 7 nitrogen and oxygen atoms in total. The van der Waals surface area contributed by atoms with Crippen LogP contribution in [-0.2, 0) is 14.3 Å². The average Bonchev–Trinajstić information content (AvgIpc) is 2.89. The van der Waals surface area contributed by atoms with Crippen LogP contribution in [0.5, 0.6) is 0 Å². The van der Waals surface area contributed by atoms with Gasteiger partial charge >= 0.3 is 0 Å². The van der Waals surface area contributed by atoms with Gasteiger partial charge in [0.2, 0.25) is 11.8 Å². The van der Waals surface area contributed by atoms with Crippen LogP contribution in [0.1, 0.15) is 43.6 Å². The summed E-state index contributed by atoms with van der Waals surface area (Å²) < 4.78 is 7.09. The fourth-order valence-electron chi connectivity index (χ4n) is 3.33. The van der Waals surface area contributed by atoms with Gasteiger partial charge < -0.3 is 15.0 Å². The minimum Gasteiger partial charge on any atom is -0.385 e. The van der Waals surface area contributed by atoms with Crippen molar-refractivity contribution in [3.63, 3.8) is 0 Å². The lowest BCUT2D eigenvalue weighted by molar-refractivity contribution is -0.138. The zero-order chi connectivity index (χ0) is 17.7. The van der Waals surface area contributed by atoms with Crippen molar-refractivity contribution < 1.29 is 14.3 Å². The maximum atomic E-state index is 12.8. The smallest absolute Gasteiger partial charge is 0.245 e. The lowest BCUT2D eigenvalue weighted by Gasteiger charge is -2.35. The van der Waals surface area contributed by atoms with Crippen LogP contribution in [0.25, 0.3) is 0 Å². The van der Waals surface area contributed by atoms with Crippen molar-refractivity contribution in [1.82, 2.24) is 20.0 Å². The standard InChI is InChI=1S/C17H28N4O3/c1-12-10-13(2)21(19-12)15-6-5-8-20(11-15)17(23)16(7-9-24-4)18-14(3)22/h10,15-16H,5-9,11H2,1-4H3,(H,18,22)/t15-,16-/m1/s1. The van der Waals surface area contributed by atoms with E-state index in [0.29, 0.717) is 19.6 Å². The lowest BCUT2D eigenvalue weighted by Crippen LogP contribution is -2.51. The Kier molecular flexibility index (Phi) is 6.36. The van der Waals surface area contributed by atoms with Gasteiger partial charge in [-0.05, 0) is 39.2 Å². The van der Waals surface area contributed by atoms with Gasteiger partial charge in [0.1, 0.15) is 6.04 Å². The monoisotopic (exact) mass is 336 g/mol. The minimum absolute atomic E-state index is 0.0338. The number of amides is 2. The number of carbonyl (C=O) groups is 2. The van der Waals surface area contributed by atoms with E-state index < -0.39 is 6.04 Å². The van der Waals surface area contributed by atoms with Crippen LogP contribution in [0.4, 0.5) is 0 Å². The van der Waals surface area contributed by atoms with Gasteiger partial charge in [-0.3, -0.25) is 14.3 Å². The van der Waals surface area contributed by atoms with Gasteiger partial charge in [0.25, 0.3) is 0 Å². The first-order valence-corrected chi connectivity index (χ1v) is 8.50. The zero-order valence-electron chi connectivity index (χ0n) is 15.0. The van der Waals surface area contributed by atoms with Gasteiger partial charge in [-0.2, -0.15) is 5.10 Å². The number of ether oxygens (including phenoxy) is 1. The molecule has 24 heavy (non-hydrogen) atoms. The molecule has 1 fully saturated rings. The summed E-state index contributed by atoms with van der Waals surface area (Å²) in [7, 11) is 1.59. The number of nitrogens with one attached hydrogen (secondary N) is 1. The molecule has 2 heterocycles. The summed E-state index contributed by atoms with van der Waals surface area (Å²) in [6.07, 6.45) is 2.43. The summed E-state index contributed by atoms with van der Waals surface area (Å²) in [6, 6.07) is 1.72. The Morgan fingerprint density at radius 2 is 2.21 bits per heavy atom. The molecule has 2 rings (SSSR count). The fourth-order valence-corrected chi connectivity index (χ4v) is 3.33. The number of hydrogen-bond donors (Lipinski definition) is 1. The Balaban J connectivity index is 2.07. The van der Waals surface area contributed by atoms with Crippen molar-refractivity contribution in [1.29, 1.82) is 0 Å². The molecular formula is C17H28N4O3. The summed E-state index contributed by atoms with van der Waals surface area (Å²) in [4.78, 5) is 26.1. The SMILES string of the molecule is COCC[C@@H](NC(C)=O)C(=O)N1CCC[C@@H](n2nc(C)cc2C)C1. The van der Waals surface area contributed by atoms with Crippen molar-refractivity contribution in [3.05, 3.63) is 17.5 Å². The Labute approximate surface area is 143 Å². The number of aromatic nitrogens is 2. The number of aryl methyl sites for hydroxylation is 2. The van der Waals surface area contributed by atoms with E-state index in [0.717, 1.165) is 30.8 Å². The predicted octanol–water partition coefficient (Wildman–Crippen LogP) is 1.20. The van der Waals surface area contributed by atoms with Crippen molar-refractivity contribution in [3.8, 4) is 0 Å². The van der Waals surface area contributed by atoms with Crippen molar-refractivity contribution >= 4 is 11.8 Å². The van der Waals surface area contributed by atoms with E-state index in [2.05, 4.69) is 16.5 Å². The Hall–Kier alpha value is -1.89. The van der Waals surface area contributed by atoms with E-state index in [1.165, 1.54) is 6.92 Å². The van der Waals surface area contributed by atoms with Crippen LogP contribution < -0.4 is 5.32 Å². The van der Waals surface area contributed by atoms with Crippen molar-refractivity contribution in [2.24, 2.45) is 0 Å². The third-order valence-corrected chi connectivity index (χ3v) is 4.38. The van der Waals surface area contributed by atoms with E-state index >= 15 is 0 Å². The summed E-state index contributed by atoms with van der Waals surface area (Å²) in [5, 5.41) is 7.31. The highest BCUT2D eigenvalue weighted by Gasteiger charge is 2.30. The van der Waals surface area contributed by atoms with E-state index in [1.807, 2.05) is 23.4 Å². The quantitative estimate of drug-likeness (QED) is 0.847. The zero-order valence-corrected chi connectivity index (χ0v) is 15.0. The van der Waals surface area contributed by atoms with E-state index in [9.17, 15) is 9.59 Å². The third kappa shape index (κ3) is 4.56. The molecule has 0 bridgehead atoms. The molecule has 0 spiro atoms. The molecule has 2 amide bonds. The molecule has 1 N–H and O–H groups in total. The molecule has 134 valence electrons. The normalized spacial score (nSPS) is 19.2. The van der Waals surface area contributed by atoms with E-state index in [1.54, 1.807) is 7.11 Å². The topological polar surface area (TPSA) is 76.5 Å². The van der Waals surface area contributed by atoms with Gasteiger partial charge in [0.05, 0.1) is 11.7 Å². The molecule has 1 saturated heterocycles. The highest BCUT2D eigenvalue weighted by molar-refractivity contribution is 5.87. The van der Waals surface area contributed by atoms with E-state index in [-0.39, 0.29) is 17.9 Å². The molecule has 2 atom stereocenters. The number of methoxy groups -OCH3 is 1. The molecule has 7 heteroatoms. The van der Waals surface area contributed by atoms with Gasteiger partial charge in [0.15, 0.2) is 0 Å². The van der Waals surface area contributed by atoms with Crippen LogP contribution in [0.2, 0.25) is 0 Å². The molecule has 1 aromatic rings. The molecule has 0 saturated carbocycles. The van der Waals surface area contributed by atoms with E-state index in [4.69, 9.17) is 4.74 Å². The van der Waals surface area contributed by atoms with Crippen LogP contribution in [0.15, 0.2) is 6.07 Å². The van der Waals surface area contributed by atoms with Crippen LogP contribution in [0.3, 0.4) is 0 Å². The number of carbonyl (C=O) groups excluding carboxylic acids is 2. The predicted molar refractivity (Wildman–Crippen MR) is 90.6 cm³/mol. The molecular weight excluding hydrogens is 308 g/mol. The largest absolute Gasteiger partial charge is 0.385 e. The van der Waals surface area contributed by atoms with Gasteiger partial charge in [-0.25, -0.2) is 0 Å². The number of rotatable bonds is 6.